The van der Waals surface area contributed by atoms with E-state index in [1.165, 1.54) is 0 Å². The number of carbonyl (C=O) groups excluding carboxylic acids is 1. The Hall–Kier alpha value is -2.59. The van der Waals surface area contributed by atoms with E-state index in [9.17, 15) is 4.79 Å². The lowest BCUT2D eigenvalue weighted by Gasteiger charge is -2.19. The Kier molecular flexibility index (Phi) is 6.66. The van der Waals surface area contributed by atoms with Crippen LogP contribution in [0.15, 0.2) is 66.7 Å². The molecule has 3 nitrogen and oxygen atoms in total. The van der Waals surface area contributed by atoms with Gasteiger partial charge in [0.1, 0.15) is 11.5 Å². The van der Waals surface area contributed by atoms with Gasteiger partial charge in [0.2, 0.25) is 0 Å². The van der Waals surface area contributed by atoms with Crippen molar-refractivity contribution in [2.75, 3.05) is 13.1 Å². The number of unbranched alkanes of at least 4 members (excludes halogenated alkanes) is 1. The zero-order valence-corrected chi connectivity index (χ0v) is 16.7. The molecule has 0 atom stereocenters. The van der Waals surface area contributed by atoms with E-state index in [1.807, 2.05) is 78.6 Å². The van der Waals surface area contributed by atoms with E-state index in [1.54, 1.807) is 11.3 Å². The van der Waals surface area contributed by atoms with Crippen molar-refractivity contribution in [1.29, 1.82) is 0 Å². The fourth-order valence-corrected chi connectivity index (χ4v) is 3.81. The smallest absolute Gasteiger partial charge is 0.263 e. The highest BCUT2D eigenvalue weighted by Crippen LogP contribution is 2.31. The fourth-order valence-electron chi connectivity index (χ4n) is 2.83. The first-order valence-corrected chi connectivity index (χ1v) is 10.3. The van der Waals surface area contributed by atoms with Crippen molar-refractivity contribution in [2.24, 2.45) is 0 Å². The number of thiophene rings is 1. The minimum Gasteiger partial charge on any atom is -0.457 e. The first kappa shape index (κ1) is 19.2. The van der Waals surface area contributed by atoms with Crippen LogP contribution in [-0.2, 0) is 0 Å². The number of benzene rings is 2. The summed E-state index contributed by atoms with van der Waals surface area (Å²) < 4.78 is 5.84. The Balaban J connectivity index is 1.69. The molecule has 0 aliphatic carbocycles. The predicted octanol–water partition coefficient (Wildman–Crippen LogP) is 6.47. The number of ether oxygens (including phenoxy) is 1. The van der Waals surface area contributed by atoms with Gasteiger partial charge in [0.05, 0.1) is 4.88 Å². The SMILES string of the molecule is CCCCN(CC)C(=O)c1ccc(-c2ccc(Oc3ccccc3)cc2)s1. The van der Waals surface area contributed by atoms with Crippen LogP contribution >= 0.6 is 11.3 Å². The Morgan fingerprint density at radius 1 is 0.926 bits per heavy atom. The number of hydrogen-bond donors (Lipinski definition) is 0. The van der Waals surface area contributed by atoms with Gasteiger partial charge < -0.3 is 9.64 Å². The second kappa shape index (κ2) is 9.38. The molecular formula is C23H25NO2S. The van der Waals surface area contributed by atoms with Crippen LogP contribution in [0.5, 0.6) is 11.5 Å². The quantitative estimate of drug-likeness (QED) is 0.449. The van der Waals surface area contributed by atoms with Crippen molar-refractivity contribution in [1.82, 2.24) is 4.90 Å². The van der Waals surface area contributed by atoms with Crippen LogP contribution in [-0.4, -0.2) is 23.9 Å². The van der Waals surface area contributed by atoms with Gasteiger partial charge in [-0.25, -0.2) is 0 Å². The molecule has 0 aliphatic rings. The van der Waals surface area contributed by atoms with Crippen LogP contribution in [0.25, 0.3) is 10.4 Å². The summed E-state index contributed by atoms with van der Waals surface area (Å²) >= 11 is 1.55. The van der Waals surface area contributed by atoms with Gasteiger partial charge in [-0.05, 0) is 67.4 Å². The lowest BCUT2D eigenvalue weighted by Crippen LogP contribution is -2.31. The van der Waals surface area contributed by atoms with Crippen LogP contribution in [0.3, 0.4) is 0 Å². The Morgan fingerprint density at radius 3 is 2.30 bits per heavy atom. The summed E-state index contributed by atoms with van der Waals surface area (Å²) in [7, 11) is 0. The number of rotatable bonds is 8. The maximum atomic E-state index is 12.7. The zero-order chi connectivity index (χ0) is 19.1. The van der Waals surface area contributed by atoms with Crippen LogP contribution < -0.4 is 4.74 Å². The highest BCUT2D eigenvalue weighted by molar-refractivity contribution is 7.17. The third-order valence-electron chi connectivity index (χ3n) is 4.39. The molecule has 0 N–H and O–H groups in total. The largest absolute Gasteiger partial charge is 0.457 e. The van der Waals surface area contributed by atoms with Crippen molar-refractivity contribution >= 4 is 17.2 Å². The summed E-state index contributed by atoms with van der Waals surface area (Å²) in [6, 6.07) is 21.7. The summed E-state index contributed by atoms with van der Waals surface area (Å²) in [5.41, 5.74) is 1.09. The highest BCUT2D eigenvalue weighted by Gasteiger charge is 2.16. The van der Waals surface area contributed by atoms with E-state index in [0.717, 1.165) is 52.7 Å². The molecule has 0 radical (unpaired) electrons. The van der Waals surface area contributed by atoms with Gasteiger partial charge in [0.15, 0.2) is 0 Å². The third kappa shape index (κ3) is 4.98. The number of para-hydroxylation sites is 1. The lowest BCUT2D eigenvalue weighted by molar-refractivity contribution is 0.0767. The summed E-state index contributed by atoms with van der Waals surface area (Å²) in [5.74, 6) is 1.75. The van der Waals surface area contributed by atoms with E-state index in [0.29, 0.717) is 0 Å². The summed E-state index contributed by atoms with van der Waals surface area (Å²) in [6.45, 7) is 5.75. The zero-order valence-electron chi connectivity index (χ0n) is 15.9. The summed E-state index contributed by atoms with van der Waals surface area (Å²) in [6.07, 6.45) is 2.14. The van der Waals surface area contributed by atoms with Gasteiger partial charge >= 0.3 is 0 Å². The van der Waals surface area contributed by atoms with Gasteiger partial charge in [-0.3, -0.25) is 4.79 Å². The molecule has 0 saturated carbocycles. The molecule has 3 aromatic rings. The standard InChI is InChI=1S/C23H25NO2S/c1-3-5-17-24(4-2)23(25)22-16-15-21(27-22)18-11-13-20(14-12-18)26-19-9-7-6-8-10-19/h6-16H,3-5,17H2,1-2H3. The van der Waals surface area contributed by atoms with Crippen molar-refractivity contribution in [3.8, 4) is 21.9 Å². The lowest BCUT2D eigenvalue weighted by atomic mass is 10.2. The van der Waals surface area contributed by atoms with Crippen molar-refractivity contribution in [3.05, 3.63) is 71.6 Å². The Morgan fingerprint density at radius 2 is 1.63 bits per heavy atom. The Labute approximate surface area is 165 Å². The minimum atomic E-state index is 0.131. The topological polar surface area (TPSA) is 29.5 Å². The number of hydrogen-bond acceptors (Lipinski definition) is 3. The third-order valence-corrected chi connectivity index (χ3v) is 5.51. The van der Waals surface area contributed by atoms with E-state index < -0.39 is 0 Å². The molecule has 0 spiro atoms. The van der Waals surface area contributed by atoms with Crippen molar-refractivity contribution < 1.29 is 9.53 Å². The number of amides is 1. The Bertz CT molecular complexity index is 856. The monoisotopic (exact) mass is 379 g/mol. The molecule has 0 saturated heterocycles. The fraction of sp³-hybridized carbons (Fsp3) is 0.261. The first-order chi connectivity index (χ1) is 13.2. The predicted molar refractivity (Wildman–Crippen MR) is 113 cm³/mol. The van der Waals surface area contributed by atoms with E-state index >= 15 is 0 Å². The van der Waals surface area contributed by atoms with Gasteiger partial charge in [-0.1, -0.05) is 31.5 Å². The molecule has 0 unspecified atom stereocenters. The average molecular weight is 380 g/mol. The molecular weight excluding hydrogens is 354 g/mol. The van der Waals surface area contributed by atoms with Gasteiger partial charge in [0, 0.05) is 18.0 Å². The summed E-state index contributed by atoms with van der Waals surface area (Å²) in [5, 5.41) is 0. The van der Waals surface area contributed by atoms with Gasteiger partial charge in [-0.2, -0.15) is 0 Å². The normalized spacial score (nSPS) is 10.6. The van der Waals surface area contributed by atoms with Crippen LogP contribution in [0, 0.1) is 0 Å². The molecule has 4 heteroatoms. The molecule has 0 bridgehead atoms. The second-order valence-electron chi connectivity index (χ2n) is 6.34. The first-order valence-electron chi connectivity index (χ1n) is 9.43. The molecule has 27 heavy (non-hydrogen) atoms. The highest BCUT2D eigenvalue weighted by atomic mass is 32.1. The van der Waals surface area contributed by atoms with E-state index in [2.05, 4.69) is 6.92 Å². The van der Waals surface area contributed by atoms with Crippen molar-refractivity contribution in [2.45, 2.75) is 26.7 Å². The molecule has 1 aromatic heterocycles. The maximum absolute atomic E-state index is 12.7. The molecule has 1 amide bonds. The molecule has 2 aromatic carbocycles. The van der Waals surface area contributed by atoms with Crippen LogP contribution in [0.1, 0.15) is 36.4 Å². The number of carbonyl (C=O) groups is 1. The molecule has 3 rings (SSSR count). The molecule has 140 valence electrons. The van der Waals surface area contributed by atoms with Crippen molar-refractivity contribution in [3.63, 3.8) is 0 Å². The van der Waals surface area contributed by atoms with Gasteiger partial charge in [0.25, 0.3) is 5.91 Å². The molecule has 0 fully saturated rings. The van der Waals surface area contributed by atoms with Crippen LogP contribution in [0.2, 0.25) is 0 Å². The summed E-state index contributed by atoms with van der Waals surface area (Å²) in [4.78, 5) is 16.5. The van der Waals surface area contributed by atoms with Gasteiger partial charge in [-0.15, -0.1) is 11.3 Å². The number of nitrogens with zero attached hydrogens (tertiary/aromatic N) is 1. The van der Waals surface area contributed by atoms with Crippen LogP contribution in [0.4, 0.5) is 0 Å². The van der Waals surface area contributed by atoms with E-state index in [4.69, 9.17) is 4.74 Å². The minimum absolute atomic E-state index is 0.131. The average Bonchev–Trinajstić information content (AvgIpc) is 3.20. The molecule has 0 aliphatic heterocycles. The maximum Gasteiger partial charge on any atom is 0.263 e. The second-order valence-corrected chi connectivity index (χ2v) is 7.43. The van der Waals surface area contributed by atoms with E-state index in [-0.39, 0.29) is 5.91 Å². The molecule has 1 heterocycles.